The predicted molar refractivity (Wildman–Crippen MR) is 77.2 cm³/mol. The van der Waals surface area contributed by atoms with Crippen LogP contribution >= 0.6 is 0 Å². The summed E-state index contributed by atoms with van der Waals surface area (Å²) in [5.41, 5.74) is 1.15. The molecule has 0 aromatic heterocycles. The molecule has 1 rings (SSSR count). The van der Waals surface area contributed by atoms with Crippen LogP contribution in [0, 0.1) is 0 Å². The summed E-state index contributed by atoms with van der Waals surface area (Å²) >= 11 is 0. The highest BCUT2D eigenvalue weighted by atomic mass is 16.5. The number of rotatable bonds is 9. The SMILES string of the molecule is CCCCOc1ccc(CNCC(=O)NCC)cc1. The standard InChI is InChI=1S/C15H24N2O2/c1-3-5-10-19-14-8-6-13(7-9-14)11-16-12-15(18)17-4-2/h6-9,16H,3-5,10-12H2,1-2H3,(H,17,18). The summed E-state index contributed by atoms with van der Waals surface area (Å²) in [5.74, 6) is 0.933. The van der Waals surface area contributed by atoms with Gasteiger partial charge in [-0.2, -0.15) is 0 Å². The fourth-order valence-electron chi connectivity index (χ4n) is 1.62. The molecular formula is C15H24N2O2. The fourth-order valence-corrected chi connectivity index (χ4v) is 1.62. The number of hydrogen-bond donors (Lipinski definition) is 2. The van der Waals surface area contributed by atoms with E-state index in [0.717, 1.165) is 30.8 Å². The van der Waals surface area contributed by atoms with Gasteiger partial charge in [-0.05, 0) is 31.0 Å². The van der Waals surface area contributed by atoms with Gasteiger partial charge in [0.15, 0.2) is 0 Å². The molecule has 19 heavy (non-hydrogen) atoms. The number of likely N-dealkylation sites (N-methyl/N-ethyl adjacent to an activating group) is 1. The van der Waals surface area contributed by atoms with E-state index < -0.39 is 0 Å². The summed E-state index contributed by atoms with van der Waals surface area (Å²) < 4.78 is 5.59. The lowest BCUT2D eigenvalue weighted by Crippen LogP contribution is -2.33. The molecule has 0 aliphatic rings. The molecule has 0 bridgehead atoms. The van der Waals surface area contributed by atoms with Gasteiger partial charge in [-0.3, -0.25) is 4.79 Å². The van der Waals surface area contributed by atoms with E-state index in [0.29, 0.717) is 19.6 Å². The molecule has 0 radical (unpaired) electrons. The lowest BCUT2D eigenvalue weighted by atomic mass is 10.2. The van der Waals surface area contributed by atoms with Gasteiger partial charge in [-0.1, -0.05) is 25.5 Å². The van der Waals surface area contributed by atoms with Crippen LogP contribution in [0.15, 0.2) is 24.3 Å². The molecule has 0 fully saturated rings. The van der Waals surface area contributed by atoms with Crippen molar-refractivity contribution >= 4 is 5.91 Å². The first-order valence-electron chi connectivity index (χ1n) is 6.95. The molecule has 0 spiro atoms. The Bertz CT molecular complexity index is 363. The van der Waals surface area contributed by atoms with Crippen molar-refractivity contribution in [1.82, 2.24) is 10.6 Å². The van der Waals surface area contributed by atoms with E-state index in [4.69, 9.17) is 4.74 Å². The second-order valence-corrected chi connectivity index (χ2v) is 4.40. The number of nitrogens with one attached hydrogen (secondary N) is 2. The molecule has 0 heterocycles. The van der Waals surface area contributed by atoms with E-state index in [1.54, 1.807) is 0 Å². The first-order valence-corrected chi connectivity index (χ1v) is 6.95. The van der Waals surface area contributed by atoms with Crippen LogP contribution < -0.4 is 15.4 Å². The van der Waals surface area contributed by atoms with Crippen molar-refractivity contribution in [2.45, 2.75) is 33.2 Å². The highest BCUT2D eigenvalue weighted by Crippen LogP contribution is 2.12. The van der Waals surface area contributed by atoms with Gasteiger partial charge in [0.25, 0.3) is 0 Å². The zero-order chi connectivity index (χ0) is 13.9. The minimum absolute atomic E-state index is 0.0296. The quantitative estimate of drug-likeness (QED) is 0.672. The molecule has 4 heteroatoms. The first-order chi connectivity index (χ1) is 9.26. The molecule has 2 N–H and O–H groups in total. The average molecular weight is 264 g/mol. The Kier molecular flexibility index (Phi) is 7.66. The third-order valence-corrected chi connectivity index (χ3v) is 2.68. The molecule has 0 aliphatic carbocycles. The summed E-state index contributed by atoms with van der Waals surface area (Å²) in [4.78, 5) is 11.2. The van der Waals surface area contributed by atoms with Gasteiger partial charge in [-0.15, -0.1) is 0 Å². The third-order valence-electron chi connectivity index (χ3n) is 2.68. The number of benzene rings is 1. The van der Waals surface area contributed by atoms with Crippen molar-refractivity contribution in [3.8, 4) is 5.75 Å². The molecule has 0 saturated carbocycles. The Morgan fingerprint density at radius 2 is 1.95 bits per heavy atom. The second kappa shape index (κ2) is 9.39. The van der Waals surface area contributed by atoms with Crippen molar-refractivity contribution in [1.29, 1.82) is 0 Å². The molecule has 1 aromatic rings. The van der Waals surface area contributed by atoms with E-state index in [1.165, 1.54) is 0 Å². The Morgan fingerprint density at radius 3 is 2.58 bits per heavy atom. The number of carbonyl (C=O) groups is 1. The first kappa shape index (κ1) is 15.5. The van der Waals surface area contributed by atoms with Crippen LogP contribution in [0.2, 0.25) is 0 Å². The molecule has 1 aromatic carbocycles. The Morgan fingerprint density at radius 1 is 1.21 bits per heavy atom. The zero-order valence-electron chi connectivity index (χ0n) is 11.9. The lowest BCUT2D eigenvalue weighted by molar-refractivity contribution is -0.120. The summed E-state index contributed by atoms with van der Waals surface area (Å²) in [7, 11) is 0. The fraction of sp³-hybridized carbons (Fsp3) is 0.533. The van der Waals surface area contributed by atoms with E-state index in [2.05, 4.69) is 17.6 Å². The topological polar surface area (TPSA) is 50.4 Å². The van der Waals surface area contributed by atoms with Crippen molar-refractivity contribution < 1.29 is 9.53 Å². The van der Waals surface area contributed by atoms with Crippen LogP contribution in [-0.2, 0) is 11.3 Å². The number of carbonyl (C=O) groups excluding carboxylic acids is 1. The summed E-state index contributed by atoms with van der Waals surface area (Å²) in [6.07, 6.45) is 2.22. The monoisotopic (exact) mass is 264 g/mol. The highest BCUT2D eigenvalue weighted by Gasteiger charge is 1.99. The van der Waals surface area contributed by atoms with Crippen LogP contribution in [0.5, 0.6) is 5.75 Å². The van der Waals surface area contributed by atoms with Gasteiger partial charge >= 0.3 is 0 Å². The van der Waals surface area contributed by atoms with Crippen LogP contribution in [-0.4, -0.2) is 25.6 Å². The molecule has 0 saturated heterocycles. The molecule has 4 nitrogen and oxygen atoms in total. The largest absolute Gasteiger partial charge is 0.494 e. The lowest BCUT2D eigenvalue weighted by Gasteiger charge is -2.07. The van der Waals surface area contributed by atoms with Crippen molar-refractivity contribution in [2.24, 2.45) is 0 Å². The smallest absolute Gasteiger partial charge is 0.233 e. The molecule has 1 amide bonds. The predicted octanol–water partition coefficient (Wildman–Crippen LogP) is 2.09. The normalized spacial score (nSPS) is 10.2. The van der Waals surface area contributed by atoms with E-state index in [9.17, 15) is 4.79 Å². The maximum absolute atomic E-state index is 11.2. The summed E-state index contributed by atoms with van der Waals surface area (Å²) in [6.45, 7) is 6.53. The van der Waals surface area contributed by atoms with Crippen LogP contribution in [0.25, 0.3) is 0 Å². The van der Waals surface area contributed by atoms with Gasteiger partial charge in [0.05, 0.1) is 13.2 Å². The van der Waals surface area contributed by atoms with Gasteiger partial charge in [0.2, 0.25) is 5.91 Å². The van der Waals surface area contributed by atoms with Crippen molar-refractivity contribution in [3.05, 3.63) is 29.8 Å². The van der Waals surface area contributed by atoms with Crippen LogP contribution in [0.3, 0.4) is 0 Å². The average Bonchev–Trinajstić information content (AvgIpc) is 2.41. The van der Waals surface area contributed by atoms with Gasteiger partial charge in [-0.25, -0.2) is 0 Å². The summed E-state index contributed by atoms with van der Waals surface area (Å²) in [5, 5.41) is 5.85. The van der Waals surface area contributed by atoms with Crippen LogP contribution in [0.1, 0.15) is 32.3 Å². The number of ether oxygens (including phenoxy) is 1. The maximum atomic E-state index is 11.2. The Labute approximate surface area is 115 Å². The molecule has 106 valence electrons. The van der Waals surface area contributed by atoms with Gasteiger partial charge in [0.1, 0.15) is 5.75 Å². The molecule has 0 unspecified atom stereocenters. The molecule has 0 atom stereocenters. The minimum atomic E-state index is 0.0296. The van der Waals surface area contributed by atoms with E-state index in [1.807, 2.05) is 31.2 Å². The highest BCUT2D eigenvalue weighted by molar-refractivity contribution is 5.77. The maximum Gasteiger partial charge on any atom is 0.233 e. The second-order valence-electron chi connectivity index (χ2n) is 4.40. The van der Waals surface area contributed by atoms with Crippen molar-refractivity contribution in [2.75, 3.05) is 19.7 Å². The van der Waals surface area contributed by atoms with E-state index in [-0.39, 0.29) is 5.91 Å². The molecule has 0 aliphatic heterocycles. The Hall–Kier alpha value is -1.55. The number of unbranched alkanes of at least 4 members (excludes halogenated alkanes) is 1. The van der Waals surface area contributed by atoms with Crippen LogP contribution in [0.4, 0.5) is 0 Å². The van der Waals surface area contributed by atoms with Gasteiger partial charge < -0.3 is 15.4 Å². The zero-order valence-corrected chi connectivity index (χ0v) is 11.9. The third kappa shape index (κ3) is 6.82. The molecular weight excluding hydrogens is 240 g/mol. The summed E-state index contributed by atoms with van der Waals surface area (Å²) in [6, 6.07) is 7.98. The minimum Gasteiger partial charge on any atom is -0.494 e. The van der Waals surface area contributed by atoms with Crippen molar-refractivity contribution in [3.63, 3.8) is 0 Å². The number of amides is 1. The Balaban J connectivity index is 2.26. The van der Waals surface area contributed by atoms with E-state index >= 15 is 0 Å². The number of hydrogen-bond acceptors (Lipinski definition) is 3. The van der Waals surface area contributed by atoms with Gasteiger partial charge in [0, 0.05) is 13.1 Å².